The van der Waals surface area contributed by atoms with Gasteiger partial charge in [-0.2, -0.15) is 0 Å². The SMILES string of the molecule is COc1cc(Br)ccc1-c1cnco1. The van der Waals surface area contributed by atoms with Crippen LogP contribution in [0.2, 0.25) is 0 Å². The first-order chi connectivity index (χ1) is 6.81. The highest BCUT2D eigenvalue weighted by Gasteiger charge is 2.08. The molecule has 0 spiro atoms. The van der Waals surface area contributed by atoms with Gasteiger partial charge < -0.3 is 9.15 Å². The van der Waals surface area contributed by atoms with E-state index in [9.17, 15) is 0 Å². The van der Waals surface area contributed by atoms with E-state index in [1.54, 1.807) is 13.3 Å². The standard InChI is InChI=1S/C10H8BrNO2/c1-13-9-4-7(11)2-3-8(9)10-5-12-6-14-10/h2-6H,1H3. The Kier molecular flexibility index (Phi) is 2.54. The first kappa shape index (κ1) is 9.27. The zero-order valence-corrected chi connectivity index (χ0v) is 9.11. The summed E-state index contributed by atoms with van der Waals surface area (Å²) in [6.45, 7) is 0. The number of aromatic nitrogens is 1. The van der Waals surface area contributed by atoms with Crippen molar-refractivity contribution in [3.05, 3.63) is 35.3 Å². The molecule has 0 N–H and O–H groups in total. The summed E-state index contributed by atoms with van der Waals surface area (Å²) in [5.74, 6) is 1.46. The highest BCUT2D eigenvalue weighted by molar-refractivity contribution is 9.10. The number of nitrogens with zero attached hydrogens (tertiary/aromatic N) is 1. The lowest BCUT2D eigenvalue weighted by Gasteiger charge is -2.05. The number of oxazole rings is 1. The van der Waals surface area contributed by atoms with Gasteiger partial charge in [0, 0.05) is 4.47 Å². The van der Waals surface area contributed by atoms with Gasteiger partial charge in [0.15, 0.2) is 12.2 Å². The summed E-state index contributed by atoms with van der Waals surface area (Å²) in [7, 11) is 1.63. The molecule has 0 aliphatic heterocycles. The van der Waals surface area contributed by atoms with Crippen molar-refractivity contribution in [3.8, 4) is 17.1 Å². The lowest BCUT2D eigenvalue weighted by Crippen LogP contribution is -1.86. The lowest BCUT2D eigenvalue weighted by atomic mass is 10.1. The zero-order chi connectivity index (χ0) is 9.97. The Bertz CT molecular complexity index is 426. The molecular formula is C10H8BrNO2. The second-order valence-corrected chi connectivity index (χ2v) is 3.63. The van der Waals surface area contributed by atoms with Gasteiger partial charge in [0.2, 0.25) is 0 Å². The molecule has 1 aromatic carbocycles. The average Bonchev–Trinajstić information content (AvgIpc) is 2.70. The molecule has 0 fully saturated rings. The fraction of sp³-hybridized carbons (Fsp3) is 0.100. The van der Waals surface area contributed by atoms with Gasteiger partial charge in [0.1, 0.15) is 5.75 Å². The number of hydrogen-bond donors (Lipinski definition) is 0. The van der Waals surface area contributed by atoms with Crippen LogP contribution in [0, 0.1) is 0 Å². The van der Waals surface area contributed by atoms with E-state index in [0.717, 1.165) is 15.8 Å². The maximum absolute atomic E-state index is 5.23. The van der Waals surface area contributed by atoms with Crippen LogP contribution in [0.4, 0.5) is 0 Å². The summed E-state index contributed by atoms with van der Waals surface area (Å²) >= 11 is 3.37. The number of rotatable bonds is 2. The number of ether oxygens (including phenoxy) is 1. The molecule has 0 radical (unpaired) electrons. The second kappa shape index (κ2) is 3.84. The molecule has 2 aromatic rings. The molecule has 72 valence electrons. The van der Waals surface area contributed by atoms with E-state index in [-0.39, 0.29) is 0 Å². The first-order valence-electron chi connectivity index (χ1n) is 4.03. The molecule has 0 aliphatic carbocycles. The minimum absolute atomic E-state index is 0.703. The molecule has 0 amide bonds. The lowest BCUT2D eigenvalue weighted by molar-refractivity contribution is 0.414. The Labute approximate surface area is 89.8 Å². The number of hydrogen-bond acceptors (Lipinski definition) is 3. The third kappa shape index (κ3) is 1.65. The van der Waals surface area contributed by atoms with Crippen molar-refractivity contribution in [1.29, 1.82) is 0 Å². The largest absolute Gasteiger partial charge is 0.496 e. The molecule has 3 nitrogen and oxygen atoms in total. The summed E-state index contributed by atoms with van der Waals surface area (Å²) in [4.78, 5) is 3.86. The molecule has 0 saturated carbocycles. The molecule has 0 unspecified atom stereocenters. The Morgan fingerprint density at radius 3 is 2.93 bits per heavy atom. The number of benzene rings is 1. The molecule has 0 saturated heterocycles. The van der Waals surface area contributed by atoms with Gasteiger partial charge in [0.25, 0.3) is 0 Å². The van der Waals surface area contributed by atoms with Crippen molar-refractivity contribution < 1.29 is 9.15 Å². The second-order valence-electron chi connectivity index (χ2n) is 2.71. The third-order valence-corrected chi connectivity index (χ3v) is 2.35. The van der Waals surface area contributed by atoms with E-state index in [4.69, 9.17) is 9.15 Å². The Balaban J connectivity index is 2.53. The van der Waals surface area contributed by atoms with Gasteiger partial charge in [0.05, 0.1) is 18.9 Å². The van der Waals surface area contributed by atoms with Crippen LogP contribution in [0.3, 0.4) is 0 Å². The molecule has 4 heteroatoms. The smallest absolute Gasteiger partial charge is 0.181 e. The van der Waals surface area contributed by atoms with Gasteiger partial charge in [-0.25, -0.2) is 4.98 Å². The quantitative estimate of drug-likeness (QED) is 0.825. The van der Waals surface area contributed by atoms with Gasteiger partial charge >= 0.3 is 0 Å². The van der Waals surface area contributed by atoms with Gasteiger partial charge in [-0.15, -0.1) is 0 Å². The molecular weight excluding hydrogens is 246 g/mol. The summed E-state index contributed by atoms with van der Waals surface area (Å²) in [5, 5.41) is 0. The summed E-state index contributed by atoms with van der Waals surface area (Å²) < 4.78 is 11.4. The van der Waals surface area contributed by atoms with Crippen LogP contribution in [0.5, 0.6) is 5.75 Å². The van der Waals surface area contributed by atoms with E-state index >= 15 is 0 Å². The van der Waals surface area contributed by atoms with Gasteiger partial charge in [-0.3, -0.25) is 0 Å². The highest BCUT2D eigenvalue weighted by atomic mass is 79.9. The predicted octanol–water partition coefficient (Wildman–Crippen LogP) is 3.11. The average molecular weight is 254 g/mol. The molecule has 14 heavy (non-hydrogen) atoms. The van der Waals surface area contributed by atoms with E-state index < -0.39 is 0 Å². The maximum Gasteiger partial charge on any atom is 0.181 e. The molecule has 1 heterocycles. The third-order valence-electron chi connectivity index (χ3n) is 1.86. The fourth-order valence-corrected chi connectivity index (χ4v) is 1.56. The fourth-order valence-electron chi connectivity index (χ4n) is 1.22. The van der Waals surface area contributed by atoms with Crippen LogP contribution in [-0.4, -0.2) is 12.1 Å². The van der Waals surface area contributed by atoms with Crippen LogP contribution in [-0.2, 0) is 0 Å². The Morgan fingerprint density at radius 2 is 2.29 bits per heavy atom. The van der Waals surface area contributed by atoms with Crippen molar-refractivity contribution >= 4 is 15.9 Å². The van der Waals surface area contributed by atoms with Crippen LogP contribution in [0.1, 0.15) is 0 Å². The molecule has 0 aliphatic rings. The van der Waals surface area contributed by atoms with Gasteiger partial charge in [-0.05, 0) is 18.2 Å². The summed E-state index contributed by atoms with van der Waals surface area (Å²) in [6, 6.07) is 5.74. The zero-order valence-electron chi connectivity index (χ0n) is 7.53. The summed E-state index contributed by atoms with van der Waals surface area (Å²) in [5.41, 5.74) is 0.896. The van der Waals surface area contributed by atoms with E-state index in [2.05, 4.69) is 20.9 Å². The van der Waals surface area contributed by atoms with Crippen molar-refractivity contribution in [2.24, 2.45) is 0 Å². The minimum atomic E-state index is 0.703. The van der Waals surface area contributed by atoms with E-state index in [1.807, 2.05) is 18.2 Å². The molecule has 2 rings (SSSR count). The van der Waals surface area contributed by atoms with Crippen LogP contribution in [0.25, 0.3) is 11.3 Å². The molecule has 1 aromatic heterocycles. The van der Waals surface area contributed by atoms with Crippen LogP contribution in [0.15, 0.2) is 39.7 Å². The number of halogens is 1. The monoisotopic (exact) mass is 253 g/mol. The van der Waals surface area contributed by atoms with Crippen molar-refractivity contribution in [3.63, 3.8) is 0 Å². The topological polar surface area (TPSA) is 35.3 Å². The minimum Gasteiger partial charge on any atom is -0.496 e. The number of methoxy groups -OCH3 is 1. The normalized spacial score (nSPS) is 10.1. The molecule has 0 atom stereocenters. The Morgan fingerprint density at radius 1 is 1.43 bits per heavy atom. The first-order valence-corrected chi connectivity index (χ1v) is 4.83. The Hall–Kier alpha value is -1.29. The van der Waals surface area contributed by atoms with Crippen molar-refractivity contribution in [2.75, 3.05) is 7.11 Å². The van der Waals surface area contributed by atoms with E-state index in [0.29, 0.717) is 5.76 Å². The van der Waals surface area contributed by atoms with Crippen LogP contribution >= 0.6 is 15.9 Å². The van der Waals surface area contributed by atoms with Crippen molar-refractivity contribution in [1.82, 2.24) is 4.98 Å². The molecule has 0 bridgehead atoms. The van der Waals surface area contributed by atoms with E-state index in [1.165, 1.54) is 6.39 Å². The summed E-state index contributed by atoms with van der Waals surface area (Å²) in [6.07, 6.45) is 3.06. The predicted molar refractivity (Wildman–Crippen MR) is 56.2 cm³/mol. The van der Waals surface area contributed by atoms with Crippen molar-refractivity contribution in [2.45, 2.75) is 0 Å². The maximum atomic E-state index is 5.23. The highest BCUT2D eigenvalue weighted by Crippen LogP contribution is 2.31. The van der Waals surface area contributed by atoms with Gasteiger partial charge in [-0.1, -0.05) is 15.9 Å². The van der Waals surface area contributed by atoms with Crippen LogP contribution < -0.4 is 4.74 Å².